The largest absolute Gasteiger partial charge is 0.492 e. The number of pyridine rings is 2. The Morgan fingerprint density at radius 1 is 0.356 bits per heavy atom. The van der Waals surface area contributed by atoms with Crippen molar-refractivity contribution in [2.45, 2.75) is 208 Å². The molecule has 12 rings (SSSR count). The molecular weight excluding hydrogens is 1690 g/mol. The summed E-state index contributed by atoms with van der Waals surface area (Å²) in [5.41, 5.74) is 6.83. The van der Waals surface area contributed by atoms with E-state index in [-0.39, 0.29) is 86.6 Å². The van der Waals surface area contributed by atoms with Crippen LogP contribution in [0.5, 0.6) is 23.3 Å². The lowest BCUT2D eigenvalue weighted by molar-refractivity contribution is -0.138. The second kappa shape index (κ2) is 53.0. The highest BCUT2D eigenvalue weighted by atomic mass is 16.5. The first kappa shape index (κ1) is 92.4. The molecule has 0 saturated heterocycles. The van der Waals surface area contributed by atoms with E-state index in [0.29, 0.717) is 122 Å². The number of ether oxygens (including phenoxy) is 4. The summed E-state index contributed by atoms with van der Waals surface area (Å²) in [6.45, 7) is 11.1. The average Bonchev–Trinajstić information content (AvgIpc) is 1.30. The van der Waals surface area contributed by atoms with Crippen molar-refractivity contribution < 1.29 is 104 Å². The molecule has 4 N–H and O–H groups in total. The summed E-state index contributed by atoms with van der Waals surface area (Å²) in [6, 6.07) is 42.5. The molecule has 0 aliphatic heterocycles. The van der Waals surface area contributed by atoms with Crippen LogP contribution in [-0.4, -0.2) is 168 Å². The molecule has 0 saturated carbocycles. The third-order valence-electron chi connectivity index (χ3n) is 20.4. The maximum atomic E-state index is 13.5. The number of carboxylic acid groups (broad SMARTS) is 4. The topological polar surface area (TPSA) is 381 Å². The van der Waals surface area contributed by atoms with Gasteiger partial charge in [-0.15, -0.1) is 10.2 Å². The highest BCUT2D eigenvalue weighted by molar-refractivity contribution is 5.97. The van der Waals surface area contributed by atoms with Gasteiger partial charge >= 0.3 is 23.9 Å². The summed E-state index contributed by atoms with van der Waals surface area (Å²) in [4.78, 5) is 110. The number of carboxylic acids is 4. The summed E-state index contributed by atoms with van der Waals surface area (Å²) >= 11 is 0. The number of carbonyl (C=O) groups excluding carboxylic acids is 4. The van der Waals surface area contributed by atoms with E-state index in [1.165, 1.54) is 48.9 Å². The van der Waals surface area contributed by atoms with Crippen LogP contribution in [0.1, 0.15) is 230 Å². The van der Waals surface area contributed by atoms with Crippen LogP contribution in [0.3, 0.4) is 0 Å². The van der Waals surface area contributed by atoms with Crippen molar-refractivity contribution in [3.63, 3.8) is 0 Å². The fourth-order valence-electron chi connectivity index (χ4n) is 13.3. The molecule has 132 heavy (non-hydrogen) atoms. The number of rotatable bonds is 48. The summed E-state index contributed by atoms with van der Waals surface area (Å²) in [5.74, 6) is -0.569. The zero-order valence-corrected chi connectivity index (χ0v) is 76.3. The third-order valence-corrected chi connectivity index (χ3v) is 20.4. The minimum Gasteiger partial charge on any atom is -0.492 e. The molecule has 0 aliphatic carbocycles. The number of hydrogen-bond donors (Lipinski definition) is 4. The maximum Gasteiger partial charge on any atom is 0.303 e. The van der Waals surface area contributed by atoms with Crippen molar-refractivity contribution in [1.29, 1.82) is 0 Å². The first-order valence-electron chi connectivity index (χ1n) is 46.9. The van der Waals surface area contributed by atoms with E-state index < -0.39 is 72.8 Å². The second-order valence-corrected chi connectivity index (χ2v) is 31.9. The van der Waals surface area contributed by atoms with Crippen LogP contribution in [0, 0.1) is 0 Å². The van der Waals surface area contributed by atoms with Gasteiger partial charge in [0.1, 0.15) is 34.5 Å². The SMILES string of the molecule is [2H]C(C)(C)N(Cc1ccncc1OCCCCCC(=O)O)C(=O)c1ccc(-c2ccco2)cc1.[2H]C(C)(C)N(Cc1cn(C)nc1OCCCCCC(=O)O)C(=O)c1ccc(-c2ccco2)cc1.[2H]C([2H])(c1ccncc1OCCCCCC(=O)O)N(C(=O)c1ccc(-c2ccco2)cc1)C(C)C.[2H]C([2H])(c1cn(C)nc1OCCCCCC(=O)O)N(C(=O)c1ccc(-c2ccco2)cc1)C(C)C. The molecule has 8 aromatic heterocycles. The maximum absolute atomic E-state index is 13.5. The Labute approximate surface area is 778 Å². The van der Waals surface area contributed by atoms with Crippen molar-refractivity contribution in [3.05, 3.63) is 264 Å². The molecule has 12 aromatic rings. The van der Waals surface area contributed by atoms with Crippen molar-refractivity contribution in [3.8, 4) is 68.6 Å². The molecule has 0 radical (unpaired) electrons. The molecule has 0 fully saturated rings. The minimum atomic E-state index is -2.20. The van der Waals surface area contributed by atoms with Crippen LogP contribution < -0.4 is 18.9 Å². The van der Waals surface area contributed by atoms with Gasteiger partial charge in [-0.25, -0.2) is 0 Å². The zero-order chi connectivity index (χ0) is 100. The van der Waals surface area contributed by atoms with Gasteiger partial charge in [0.05, 0.1) is 109 Å². The van der Waals surface area contributed by atoms with Crippen LogP contribution in [0.2, 0.25) is 0 Å². The van der Waals surface area contributed by atoms with Gasteiger partial charge in [-0.2, -0.15) is 0 Å². The molecule has 700 valence electrons. The van der Waals surface area contributed by atoms with Gasteiger partial charge in [0.25, 0.3) is 23.6 Å². The van der Waals surface area contributed by atoms with Crippen LogP contribution in [0.15, 0.2) is 238 Å². The number of aryl methyl sites for hydroxylation is 2. The fourth-order valence-corrected chi connectivity index (χ4v) is 13.3. The van der Waals surface area contributed by atoms with E-state index in [9.17, 15) is 38.4 Å². The quantitative estimate of drug-likeness (QED) is 0.0257. The number of unbranched alkanes of at least 4 members (excludes halogenated alkanes) is 8. The Morgan fingerprint density at radius 3 is 0.939 bits per heavy atom. The summed E-state index contributed by atoms with van der Waals surface area (Å²) in [5, 5.41) is 43.5. The molecule has 0 atom stereocenters. The number of hydrogen-bond acceptors (Lipinski definition) is 20. The Hall–Kier alpha value is -14.3. The van der Waals surface area contributed by atoms with E-state index >= 15 is 0 Å². The number of nitrogens with zero attached hydrogens (tertiary/aromatic N) is 10. The Kier molecular flexibility index (Phi) is 37.1. The van der Waals surface area contributed by atoms with Crippen molar-refractivity contribution in [1.82, 2.24) is 49.1 Å². The van der Waals surface area contributed by atoms with E-state index in [4.69, 9.17) is 65.3 Å². The monoisotopic (exact) mass is 1810 g/mol. The number of amides is 4. The molecule has 30 nitrogen and oxygen atoms in total. The predicted molar refractivity (Wildman–Crippen MR) is 498 cm³/mol. The number of aliphatic carboxylic acids is 4. The number of furan rings is 4. The Bertz CT molecular complexity index is 5820. The fraction of sp³-hybridized carbons (Fsp3) is 0.373. The number of aromatic nitrogens is 6. The van der Waals surface area contributed by atoms with Gasteiger partial charge < -0.3 is 76.6 Å². The molecule has 4 amide bonds. The number of benzene rings is 4. The molecule has 4 aromatic carbocycles. The second-order valence-electron chi connectivity index (χ2n) is 31.9. The molecule has 0 spiro atoms. The third kappa shape index (κ3) is 32.7. The lowest BCUT2D eigenvalue weighted by Gasteiger charge is -2.28. The predicted octanol–water partition coefficient (Wildman–Crippen LogP) is 20.3. The normalized spacial score (nSPS) is 12.0. The van der Waals surface area contributed by atoms with Crippen LogP contribution in [0.25, 0.3) is 45.3 Å². The molecule has 0 bridgehead atoms. The standard InChI is InChI=1S/2C26H30N2O5.2C25H31N3O5/c2*1-19(2)28(26(31)21-11-9-20(10-12-21)23-7-6-16-32-23)18-22-13-14-27-17-24(22)33-15-5-3-4-8-25(29)30;2*1-18(2)28(25(31)20-12-10-19(11-13-20)22-8-7-15-32-22)17-21-16-27(3)26-24(21)33-14-6-4-5-9-23(29)30/h2*6-7,9-14,16-17,19H,3-5,8,15,18H2,1-2H3,(H,29,30);2*7-8,10-13,15-16,18H,4-6,9,14,17H2,1-3H3,(H,29,30)/i19D;18D2;18D;17D2. The minimum absolute atomic E-state index is 0.103. The van der Waals surface area contributed by atoms with Gasteiger partial charge in [-0.1, -0.05) is 48.5 Å². The zero-order valence-electron chi connectivity index (χ0n) is 82.3. The summed E-state index contributed by atoms with van der Waals surface area (Å²) < 4.78 is 101. The first-order valence-corrected chi connectivity index (χ1v) is 43.9. The molecule has 0 aliphatic rings. The molecule has 8 heterocycles. The summed E-state index contributed by atoms with van der Waals surface area (Å²) in [6.07, 6.45) is 24.1. The lowest BCUT2D eigenvalue weighted by Crippen LogP contribution is -2.36. The van der Waals surface area contributed by atoms with E-state index in [1.54, 1.807) is 209 Å². The van der Waals surface area contributed by atoms with Gasteiger partial charge in [-0.05, 0) is 242 Å². The van der Waals surface area contributed by atoms with Crippen LogP contribution in [-0.2, 0) is 59.4 Å². The van der Waals surface area contributed by atoms with Gasteiger partial charge in [0.2, 0.25) is 11.8 Å². The van der Waals surface area contributed by atoms with Gasteiger partial charge in [0, 0.05) is 144 Å². The lowest BCUT2D eigenvalue weighted by atomic mass is 10.1. The molecular formula is C102H122N10O20. The number of carbonyl (C=O) groups is 8. The first-order chi connectivity index (χ1) is 65.7. The molecule has 30 heteroatoms. The Balaban J connectivity index is 0.000000206. The van der Waals surface area contributed by atoms with E-state index in [2.05, 4.69) is 20.2 Å². The van der Waals surface area contributed by atoms with E-state index in [1.807, 2.05) is 60.7 Å². The van der Waals surface area contributed by atoms with Gasteiger partial charge in [0.15, 0.2) is 0 Å². The van der Waals surface area contributed by atoms with Crippen molar-refractivity contribution >= 4 is 47.5 Å². The van der Waals surface area contributed by atoms with Crippen LogP contribution >= 0.6 is 0 Å². The van der Waals surface area contributed by atoms with Gasteiger partial charge in [-0.3, -0.25) is 57.7 Å². The summed E-state index contributed by atoms with van der Waals surface area (Å²) in [7, 11) is 3.43. The smallest absolute Gasteiger partial charge is 0.303 e. The molecule has 0 unspecified atom stereocenters. The van der Waals surface area contributed by atoms with Crippen LogP contribution in [0.4, 0.5) is 0 Å². The van der Waals surface area contributed by atoms with Crippen molar-refractivity contribution in [2.75, 3.05) is 26.4 Å². The highest BCUT2D eigenvalue weighted by Crippen LogP contribution is 2.31. The van der Waals surface area contributed by atoms with Crippen molar-refractivity contribution in [2.24, 2.45) is 14.1 Å². The van der Waals surface area contributed by atoms with E-state index in [0.717, 1.165) is 58.6 Å². The Morgan fingerprint density at radius 2 is 0.636 bits per heavy atom. The average molecular weight is 1810 g/mol. The highest BCUT2D eigenvalue weighted by Gasteiger charge is 2.28.